The molecule has 0 radical (unpaired) electrons. The van der Waals surface area contributed by atoms with Gasteiger partial charge >= 0.3 is 12.1 Å². The van der Waals surface area contributed by atoms with Crippen LogP contribution < -0.4 is 22.1 Å². The van der Waals surface area contributed by atoms with Gasteiger partial charge in [0.25, 0.3) is 0 Å². The number of nitrogens with one attached hydrogen (secondary N) is 2. The molecule has 0 aromatic heterocycles. The molecule has 0 atom stereocenters. The Labute approximate surface area is 195 Å². The molecule has 8 nitrogen and oxygen atoms in total. The number of aromatic hydroxyl groups is 2. The lowest BCUT2D eigenvalue weighted by Gasteiger charge is -2.25. The summed E-state index contributed by atoms with van der Waals surface area (Å²) in [4.78, 5) is 22.4. The van der Waals surface area contributed by atoms with E-state index < -0.39 is 12.1 Å². The highest BCUT2D eigenvalue weighted by atomic mass is 16.3. The number of primary amides is 2. The van der Waals surface area contributed by atoms with E-state index in [-0.39, 0.29) is 41.8 Å². The van der Waals surface area contributed by atoms with Crippen LogP contribution in [0.4, 0.5) is 9.59 Å². The summed E-state index contributed by atoms with van der Waals surface area (Å²) in [6.45, 7) is 12.4. The first-order valence-electron chi connectivity index (χ1n) is 10.9. The molecular weight excluding hydrogens is 420 g/mol. The minimum atomic E-state index is -0.635. The lowest BCUT2D eigenvalue weighted by Crippen LogP contribution is -2.29. The Morgan fingerprint density at radius 2 is 1.06 bits per heavy atom. The van der Waals surface area contributed by atoms with E-state index >= 15 is 0 Å². The Hall–Kier alpha value is -3.42. The average Bonchev–Trinajstić information content (AvgIpc) is 2.66. The smallest absolute Gasteiger partial charge is 0.312 e. The van der Waals surface area contributed by atoms with Gasteiger partial charge in [0.2, 0.25) is 0 Å². The summed E-state index contributed by atoms with van der Waals surface area (Å²) in [5.74, 6) is 0.283. The second-order valence-corrected chi connectivity index (χ2v) is 10.4. The highest BCUT2D eigenvalue weighted by Gasteiger charge is 2.25. The molecule has 2 aromatic rings. The van der Waals surface area contributed by atoms with E-state index in [2.05, 4.69) is 10.6 Å². The number of carbonyl (C=O) groups excluding carboxylic acids is 2. The Morgan fingerprint density at radius 3 is 1.33 bits per heavy atom. The van der Waals surface area contributed by atoms with Gasteiger partial charge in [0.1, 0.15) is 11.5 Å². The van der Waals surface area contributed by atoms with Crippen molar-refractivity contribution in [3.63, 3.8) is 0 Å². The molecule has 0 heterocycles. The predicted octanol–water partition coefficient (Wildman–Crippen LogP) is 3.62. The fraction of sp³-hybridized carbons (Fsp3) is 0.440. The lowest BCUT2D eigenvalue weighted by atomic mass is 9.81. The maximum atomic E-state index is 11.2. The number of benzene rings is 2. The van der Waals surface area contributed by atoms with Crippen molar-refractivity contribution < 1.29 is 19.8 Å². The molecule has 0 fully saturated rings. The Balaban J connectivity index is 2.61. The fourth-order valence-corrected chi connectivity index (χ4v) is 3.72. The summed E-state index contributed by atoms with van der Waals surface area (Å²) in [7, 11) is 0. The Bertz CT molecular complexity index is 966. The summed E-state index contributed by atoms with van der Waals surface area (Å²) in [6.07, 6.45) is 0.249. The van der Waals surface area contributed by atoms with Crippen LogP contribution in [-0.2, 0) is 30.3 Å². The van der Waals surface area contributed by atoms with Gasteiger partial charge in [-0.05, 0) is 68.5 Å². The van der Waals surface area contributed by atoms with Crippen LogP contribution in [0.15, 0.2) is 24.3 Å². The van der Waals surface area contributed by atoms with E-state index in [1.54, 1.807) is 12.1 Å². The molecule has 0 aliphatic rings. The zero-order valence-corrected chi connectivity index (χ0v) is 20.3. The highest BCUT2D eigenvalue weighted by molar-refractivity contribution is 5.72. The van der Waals surface area contributed by atoms with Crippen molar-refractivity contribution >= 4 is 12.1 Å². The molecule has 0 aliphatic heterocycles. The van der Waals surface area contributed by atoms with Gasteiger partial charge in [-0.25, -0.2) is 9.59 Å². The van der Waals surface area contributed by atoms with Crippen LogP contribution in [0.3, 0.4) is 0 Å². The number of rotatable bonds is 6. The maximum absolute atomic E-state index is 11.2. The number of phenolic OH excluding ortho intramolecular Hbond substituents is 2. The molecule has 4 amide bonds. The second-order valence-electron chi connectivity index (χ2n) is 10.4. The van der Waals surface area contributed by atoms with E-state index in [0.717, 1.165) is 22.3 Å². The Kier molecular flexibility index (Phi) is 7.52. The topological polar surface area (TPSA) is 151 Å². The van der Waals surface area contributed by atoms with Gasteiger partial charge in [-0.1, -0.05) is 41.5 Å². The van der Waals surface area contributed by atoms with Gasteiger partial charge < -0.3 is 32.3 Å². The quantitative estimate of drug-likeness (QED) is 0.393. The molecular formula is C25H36N4O4. The van der Waals surface area contributed by atoms with E-state index in [1.165, 1.54) is 0 Å². The first-order chi connectivity index (χ1) is 15.1. The van der Waals surface area contributed by atoms with Gasteiger partial charge in [-0.3, -0.25) is 0 Å². The standard InChI is InChI=1S/C25H36N4O4/c1-24(2,3)18-9-14(12-28-22(26)32)7-16(20(18)30)11-17-8-15(13-29-23(27)33)10-19(21(17)31)25(4,5)6/h7-10,30-31H,11-13H2,1-6H3,(H3,26,28,32)(H3,27,29,33). The monoisotopic (exact) mass is 456 g/mol. The van der Waals surface area contributed by atoms with Crippen molar-refractivity contribution in [2.24, 2.45) is 11.5 Å². The van der Waals surface area contributed by atoms with E-state index in [4.69, 9.17) is 11.5 Å². The number of nitrogens with two attached hydrogens (primary N) is 2. The third-order valence-corrected chi connectivity index (χ3v) is 5.43. The molecule has 0 bridgehead atoms. The highest BCUT2D eigenvalue weighted by Crippen LogP contribution is 2.39. The van der Waals surface area contributed by atoms with E-state index in [9.17, 15) is 19.8 Å². The normalized spacial score (nSPS) is 11.8. The minimum Gasteiger partial charge on any atom is -0.507 e. The molecule has 8 heteroatoms. The molecule has 8 N–H and O–H groups in total. The fourth-order valence-electron chi connectivity index (χ4n) is 3.72. The summed E-state index contributed by atoms with van der Waals surface area (Å²) in [6, 6.07) is 6.02. The van der Waals surface area contributed by atoms with Crippen LogP contribution in [0, 0.1) is 0 Å². The largest absolute Gasteiger partial charge is 0.507 e. The van der Waals surface area contributed by atoms with Crippen LogP contribution in [0.2, 0.25) is 0 Å². The molecule has 0 saturated heterocycles. The van der Waals surface area contributed by atoms with Gasteiger partial charge in [0, 0.05) is 19.5 Å². The van der Waals surface area contributed by atoms with Gasteiger partial charge in [-0.15, -0.1) is 0 Å². The molecule has 180 valence electrons. The molecule has 0 spiro atoms. The molecule has 0 saturated carbocycles. The molecule has 2 rings (SSSR count). The van der Waals surface area contributed by atoms with E-state index in [1.807, 2.05) is 53.7 Å². The molecule has 0 aliphatic carbocycles. The molecule has 33 heavy (non-hydrogen) atoms. The SMILES string of the molecule is CC(C)(C)c1cc(CNC(N)=O)cc(Cc2cc(CNC(N)=O)cc(C(C)(C)C)c2O)c1O. The number of urea groups is 2. The first kappa shape index (κ1) is 25.8. The van der Waals surface area contributed by atoms with Crippen molar-refractivity contribution in [3.8, 4) is 11.5 Å². The van der Waals surface area contributed by atoms with Gasteiger partial charge in [0.15, 0.2) is 0 Å². The van der Waals surface area contributed by atoms with Crippen molar-refractivity contribution in [2.45, 2.75) is 71.9 Å². The number of hydrogen-bond donors (Lipinski definition) is 6. The molecule has 2 aromatic carbocycles. The third kappa shape index (κ3) is 6.78. The Morgan fingerprint density at radius 1 is 0.727 bits per heavy atom. The first-order valence-corrected chi connectivity index (χ1v) is 10.9. The van der Waals surface area contributed by atoms with Crippen molar-refractivity contribution in [2.75, 3.05) is 0 Å². The summed E-state index contributed by atoms with van der Waals surface area (Å²) >= 11 is 0. The lowest BCUT2D eigenvalue weighted by molar-refractivity contribution is 0.247. The molecule has 0 unspecified atom stereocenters. The summed E-state index contributed by atoms with van der Waals surface area (Å²) < 4.78 is 0. The maximum Gasteiger partial charge on any atom is 0.312 e. The van der Waals surface area contributed by atoms with Crippen LogP contribution >= 0.6 is 0 Å². The van der Waals surface area contributed by atoms with Crippen LogP contribution in [0.25, 0.3) is 0 Å². The zero-order chi connectivity index (χ0) is 25.1. The second kappa shape index (κ2) is 9.60. The zero-order valence-electron chi connectivity index (χ0n) is 20.3. The number of carbonyl (C=O) groups is 2. The van der Waals surface area contributed by atoms with Gasteiger partial charge in [-0.2, -0.15) is 0 Å². The predicted molar refractivity (Wildman–Crippen MR) is 129 cm³/mol. The van der Waals surface area contributed by atoms with Crippen LogP contribution in [0.5, 0.6) is 11.5 Å². The van der Waals surface area contributed by atoms with Crippen molar-refractivity contribution in [3.05, 3.63) is 57.6 Å². The van der Waals surface area contributed by atoms with Crippen LogP contribution in [-0.4, -0.2) is 22.3 Å². The number of hydrogen-bond acceptors (Lipinski definition) is 4. The number of phenols is 2. The summed E-state index contributed by atoms with van der Waals surface area (Å²) in [5.41, 5.74) is 14.0. The number of amides is 4. The third-order valence-electron chi connectivity index (χ3n) is 5.43. The minimum absolute atomic E-state index is 0.141. The van der Waals surface area contributed by atoms with Gasteiger partial charge in [0.05, 0.1) is 0 Å². The summed E-state index contributed by atoms with van der Waals surface area (Å²) in [5, 5.41) is 27.3. The van der Waals surface area contributed by atoms with Crippen LogP contribution in [0.1, 0.15) is 74.9 Å². The van der Waals surface area contributed by atoms with E-state index in [0.29, 0.717) is 11.1 Å². The van der Waals surface area contributed by atoms with Crippen molar-refractivity contribution in [1.82, 2.24) is 10.6 Å². The average molecular weight is 457 g/mol. The van der Waals surface area contributed by atoms with Crippen molar-refractivity contribution in [1.29, 1.82) is 0 Å².